The van der Waals surface area contributed by atoms with Gasteiger partial charge in [-0.25, -0.2) is 4.39 Å². The van der Waals surface area contributed by atoms with E-state index in [1.54, 1.807) is 12.1 Å². The molecule has 1 aromatic rings. The van der Waals surface area contributed by atoms with Gasteiger partial charge >= 0.3 is 0 Å². The van der Waals surface area contributed by atoms with E-state index in [9.17, 15) is 4.39 Å². The van der Waals surface area contributed by atoms with Crippen molar-refractivity contribution >= 4 is 0 Å². The molecule has 2 fully saturated rings. The molecule has 0 N–H and O–H groups in total. The lowest BCUT2D eigenvalue weighted by atomic mass is 9.97. The van der Waals surface area contributed by atoms with Crippen LogP contribution in [-0.2, 0) is 11.3 Å². The maximum atomic E-state index is 13.5. The minimum Gasteiger partial charge on any atom is -0.375 e. The predicted molar refractivity (Wildman–Crippen MR) is 86.4 cm³/mol. The third-order valence-electron chi connectivity index (χ3n) is 4.93. The van der Waals surface area contributed by atoms with E-state index in [4.69, 9.17) is 10.00 Å². The Kier molecular flexibility index (Phi) is 4.96. The molecular formula is C18H24FN3O. The van der Waals surface area contributed by atoms with Gasteiger partial charge in [-0.3, -0.25) is 9.80 Å². The van der Waals surface area contributed by atoms with E-state index < -0.39 is 5.82 Å². The fourth-order valence-corrected chi connectivity index (χ4v) is 3.76. The molecule has 0 spiro atoms. The number of piperidine rings is 1. The average Bonchev–Trinajstić information content (AvgIpc) is 2.55. The first kappa shape index (κ1) is 16.4. The number of nitriles is 1. The molecule has 2 atom stereocenters. The molecule has 0 radical (unpaired) electrons. The van der Waals surface area contributed by atoms with Crippen LogP contribution < -0.4 is 0 Å². The molecule has 2 aliphatic rings. The Bertz CT molecular complexity index is 598. The highest BCUT2D eigenvalue weighted by atomic mass is 19.1. The molecule has 0 amide bonds. The maximum absolute atomic E-state index is 13.5. The summed E-state index contributed by atoms with van der Waals surface area (Å²) in [5, 5.41) is 8.97. The second-order valence-corrected chi connectivity index (χ2v) is 6.76. The molecule has 0 aromatic heterocycles. The predicted octanol–water partition coefficient (Wildman–Crippen LogP) is 2.38. The van der Waals surface area contributed by atoms with Crippen LogP contribution >= 0.6 is 0 Å². The summed E-state index contributed by atoms with van der Waals surface area (Å²) in [7, 11) is 0. The summed E-state index contributed by atoms with van der Waals surface area (Å²) in [6, 6.07) is 7.70. The zero-order valence-corrected chi connectivity index (χ0v) is 13.8. The summed E-state index contributed by atoms with van der Waals surface area (Å²) in [5.74, 6) is -0.443. The zero-order valence-electron chi connectivity index (χ0n) is 13.8. The fraction of sp³-hybridized carbons (Fsp3) is 0.611. The first-order valence-corrected chi connectivity index (χ1v) is 8.36. The fourth-order valence-electron chi connectivity index (χ4n) is 3.76. The van der Waals surface area contributed by atoms with Gasteiger partial charge in [0.2, 0.25) is 0 Å². The Labute approximate surface area is 137 Å². The van der Waals surface area contributed by atoms with Crippen molar-refractivity contribution in [2.45, 2.75) is 45.0 Å². The van der Waals surface area contributed by atoms with E-state index in [-0.39, 0.29) is 5.56 Å². The van der Waals surface area contributed by atoms with Gasteiger partial charge in [-0.05, 0) is 38.0 Å². The lowest BCUT2D eigenvalue weighted by molar-refractivity contribution is -0.113. The standard InChI is InChI=1S/C18H24FN3O/c1-13(2)22-7-8-23-18-5-6-21(12-17(18)22)11-14-3-4-16(19)15(9-14)10-20/h3-4,9,13,17-18H,5-8,11-12H2,1-2H3/t17-,18-/m0/s1. The van der Waals surface area contributed by atoms with Gasteiger partial charge in [0.15, 0.2) is 0 Å². The van der Waals surface area contributed by atoms with E-state index in [0.29, 0.717) is 18.2 Å². The summed E-state index contributed by atoms with van der Waals surface area (Å²) in [5.41, 5.74) is 1.12. The first-order chi connectivity index (χ1) is 11.1. The number of benzene rings is 1. The molecular weight excluding hydrogens is 293 g/mol. The Morgan fingerprint density at radius 1 is 1.39 bits per heavy atom. The van der Waals surface area contributed by atoms with Crippen LogP contribution in [0.15, 0.2) is 18.2 Å². The topological polar surface area (TPSA) is 39.5 Å². The number of likely N-dealkylation sites (tertiary alicyclic amines) is 1. The van der Waals surface area contributed by atoms with Crippen molar-refractivity contribution < 1.29 is 9.13 Å². The minimum absolute atomic E-state index is 0.127. The summed E-state index contributed by atoms with van der Waals surface area (Å²) in [6.07, 6.45) is 1.35. The quantitative estimate of drug-likeness (QED) is 0.858. The Balaban J connectivity index is 1.69. The molecule has 0 saturated carbocycles. The molecule has 5 heteroatoms. The highest BCUT2D eigenvalue weighted by Gasteiger charge is 2.37. The average molecular weight is 317 g/mol. The lowest BCUT2D eigenvalue weighted by Crippen LogP contribution is -2.61. The number of fused-ring (bicyclic) bond motifs is 1. The van der Waals surface area contributed by atoms with Crippen molar-refractivity contribution in [3.63, 3.8) is 0 Å². The van der Waals surface area contributed by atoms with Gasteiger partial charge in [-0.15, -0.1) is 0 Å². The van der Waals surface area contributed by atoms with Gasteiger partial charge in [0.05, 0.1) is 18.3 Å². The van der Waals surface area contributed by atoms with E-state index in [1.807, 2.05) is 6.07 Å². The maximum Gasteiger partial charge on any atom is 0.140 e. The van der Waals surface area contributed by atoms with E-state index in [1.165, 1.54) is 6.07 Å². The van der Waals surface area contributed by atoms with Crippen LogP contribution in [0, 0.1) is 17.1 Å². The molecule has 2 saturated heterocycles. The second-order valence-electron chi connectivity index (χ2n) is 6.76. The van der Waals surface area contributed by atoms with Crippen LogP contribution in [0.3, 0.4) is 0 Å². The second kappa shape index (κ2) is 6.96. The Hall–Kier alpha value is -1.48. The van der Waals surface area contributed by atoms with Gasteiger partial charge in [0.25, 0.3) is 0 Å². The summed E-state index contributed by atoms with van der Waals surface area (Å²) in [4.78, 5) is 4.92. The molecule has 4 nitrogen and oxygen atoms in total. The lowest BCUT2D eigenvalue weighted by Gasteiger charge is -2.48. The summed E-state index contributed by atoms with van der Waals surface area (Å²) in [6.45, 7) is 8.98. The normalized spacial score (nSPS) is 26.0. The highest BCUT2D eigenvalue weighted by molar-refractivity contribution is 5.34. The van der Waals surface area contributed by atoms with Crippen molar-refractivity contribution in [3.8, 4) is 6.07 Å². The number of halogens is 1. The molecule has 3 rings (SSSR count). The van der Waals surface area contributed by atoms with Crippen molar-refractivity contribution in [3.05, 3.63) is 35.1 Å². The number of hydrogen-bond acceptors (Lipinski definition) is 4. The first-order valence-electron chi connectivity index (χ1n) is 8.36. The number of nitrogens with zero attached hydrogens (tertiary/aromatic N) is 3. The zero-order chi connectivity index (χ0) is 16.4. The van der Waals surface area contributed by atoms with Crippen molar-refractivity contribution in [2.75, 3.05) is 26.2 Å². The smallest absolute Gasteiger partial charge is 0.140 e. The molecule has 0 bridgehead atoms. The minimum atomic E-state index is -0.443. The van der Waals surface area contributed by atoms with Crippen LogP contribution in [0.5, 0.6) is 0 Å². The molecule has 0 aliphatic carbocycles. The number of ether oxygens (including phenoxy) is 1. The molecule has 23 heavy (non-hydrogen) atoms. The number of rotatable bonds is 3. The van der Waals surface area contributed by atoms with Crippen LogP contribution in [0.2, 0.25) is 0 Å². The van der Waals surface area contributed by atoms with Crippen LogP contribution in [0.4, 0.5) is 4.39 Å². The van der Waals surface area contributed by atoms with Gasteiger partial charge in [-0.1, -0.05) is 6.07 Å². The molecule has 124 valence electrons. The third-order valence-corrected chi connectivity index (χ3v) is 4.93. The molecule has 2 aliphatic heterocycles. The van der Waals surface area contributed by atoms with E-state index in [2.05, 4.69) is 23.6 Å². The van der Waals surface area contributed by atoms with Gasteiger partial charge in [0.1, 0.15) is 11.9 Å². The van der Waals surface area contributed by atoms with Gasteiger partial charge < -0.3 is 4.74 Å². The van der Waals surface area contributed by atoms with Crippen molar-refractivity contribution in [1.29, 1.82) is 5.26 Å². The molecule has 2 heterocycles. The van der Waals surface area contributed by atoms with Gasteiger partial charge in [-0.2, -0.15) is 5.26 Å². The Morgan fingerprint density at radius 2 is 2.22 bits per heavy atom. The summed E-state index contributed by atoms with van der Waals surface area (Å²) < 4.78 is 19.4. The number of morpholine rings is 1. The largest absolute Gasteiger partial charge is 0.375 e. The third kappa shape index (κ3) is 3.55. The SMILES string of the molecule is CC(C)N1CCO[C@H]2CCN(Cc3ccc(F)c(C#N)c3)C[C@@H]21. The van der Waals surface area contributed by atoms with Crippen LogP contribution in [0.25, 0.3) is 0 Å². The van der Waals surface area contributed by atoms with E-state index in [0.717, 1.165) is 44.8 Å². The van der Waals surface area contributed by atoms with Gasteiger partial charge in [0, 0.05) is 38.3 Å². The van der Waals surface area contributed by atoms with Crippen LogP contribution in [0.1, 0.15) is 31.4 Å². The molecule has 0 unspecified atom stereocenters. The van der Waals surface area contributed by atoms with Crippen LogP contribution in [-0.4, -0.2) is 54.2 Å². The molecule has 1 aromatic carbocycles. The van der Waals surface area contributed by atoms with E-state index >= 15 is 0 Å². The Morgan fingerprint density at radius 3 is 2.96 bits per heavy atom. The number of hydrogen-bond donors (Lipinski definition) is 0. The monoisotopic (exact) mass is 317 g/mol. The highest BCUT2D eigenvalue weighted by Crippen LogP contribution is 2.26. The van der Waals surface area contributed by atoms with Crippen molar-refractivity contribution in [1.82, 2.24) is 9.80 Å². The summed E-state index contributed by atoms with van der Waals surface area (Å²) >= 11 is 0. The van der Waals surface area contributed by atoms with Crippen molar-refractivity contribution in [2.24, 2.45) is 0 Å².